The molecule has 0 aromatic heterocycles. The van der Waals surface area contributed by atoms with Gasteiger partial charge in [0.05, 0.1) is 25.3 Å². The van der Waals surface area contributed by atoms with Crippen LogP contribution in [0.5, 0.6) is 11.5 Å². The summed E-state index contributed by atoms with van der Waals surface area (Å²) in [5.74, 6) is 1.38. The summed E-state index contributed by atoms with van der Waals surface area (Å²) in [5, 5.41) is 10.1. The summed E-state index contributed by atoms with van der Waals surface area (Å²) >= 11 is 6.22. The Balaban J connectivity index is 3.49. The third-order valence-electron chi connectivity index (χ3n) is 2.84. The number of ether oxygens (including phenoxy) is 2. The minimum Gasteiger partial charge on any atom is -0.496 e. The summed E-state index contributed by atoms with van der Waals surface area (Å²) in [4.78, 5) is 0. The molecule has 0 spiro atoms. The maximum atomic E-state index is 9.54. The zero-order valence-corrected chi connectivity index (χ0v) is 11.7. The van der Waals surface area contributed by atoms with E-state index in [1.807, 2.05) is 13.8 Å². The number of aliphatic hydroxyl groups excluding tert-OH is 1. The Morgan fingerprint density at radius 2 is 1.65 bits per heavy atom. The molecule has 0 saturated heterocycles. The Bertz CT molecular complexity index is 414. The quantitative estimate of drug-likeness (QED) is 0.903. The van der Waals surface area contributed by atoms with E-state index in [0.29, 0.717) is 17.2 Å². The van der Waals surface area contributed by atoms with Crippen molar-refractivity contribution in [3.05, 3.63) is 21.7 Å². The second kappa shape index (κ2) is 5.61. The molecule has 0 amide bonds. The van der Waals surface area contributed by atoms with E-state index in [9.17, 15) is 5.11 Å². The normalized spacial score (nSPS) is 12.4. The van der Waals surface area contributed by atoms with Gasteiger partial charge in [0.25, 0.3) is 0 Å². The fourth-order valence-electron chi connectivity index (χ4n) is 2.03. The van der Waals surface area contributed by atoms with Gasteiger partial charge in [-0.05, 0) is 26.3 Å². The molecule has 1 atom stereocenters. The minimum atomic E-state index is -0.437. The number of hydrogen-bond donors (Lipinski definition) is 1. The average Bonchev–Trinajstić information content (AvgIpc) is 2.27. The fraction of sp³-hybridized carbons (Fsp3) is 0.538. The van der Waals surface area contributed by atoms with Crippen LogP contribution in [0.25, 0.3) is 0 Å². The van der Waals surface area contributed by atoms with Crippen molar-refractivity contribution in [2.45, 2.75) is 33.3 Å². The molecule has 0 heterocycles. The van der Waals surface area contributed by atoms with Crippen LogP contribution in [0, 0.1) is 13.8 Å². The van der Waals surface area contributed by atoms with Crippen molar-refractivity contribution in [2.24, 2.45) is 0 Å². The van der Waals surface area contributed by atoms with Crippen molar-refractivity contribution in [3.63, 3.8) is 0 Å². The van der Waals surface area contributed by atoms with Gasteiger partial charge in [-0.2, -0.15) is 0 Å². The first kappa shape index (κ1) is 14.1. The molecule has 1 N–H and O–H groups in total. The lowest BCUT2D eigenvalue weighted by Gasteiger charge is -2.20. The van der Waals surface area contributed by atoms with Crippen LogP contribution >= 0.6 is 11.6 Å². The van der Waals surface area contributed by atoms with Gasteiger partial charge in [0.1, 0.15) is 11.5 Å². The summed E-state index contributed by atoms with van der Waals surface area (Å²) < 4.78 is 10.7. The summed E-state index contributed by atoms with van der Waals surface area (Å²) in [7, 11) is 3.20. The van der Waals surface area contributed by atoms with Gasteiger partial charge in [-0.3, -0.25) is 0 Å². The lowest BCUT2D eigenvalue weighted by atomic mass is 9.97. The van der Waals surface area contributed by atoms with E-state index in [1.165, 1.54) is 0 Å². The highest BCUT2D eigenvalue weighted by Crippen LogP contribution is 2.41. The molecule has 1 rings (SSSR count). The van der Waals surface area contributed by atoms with E-state index in [2.05, 4.69) is 0 Å². The topological polar surface area (TPSA) is 38.7 Å². The van der Waals surface area contributed by atoms with Crippen molar-refractivity contribution in [1.82, 2.24) is 0 Å². The van der Waals surface area contributed by atoms with Gasteiger partial charge in [0.2, 0.25) is 0 Å². The lowest BCUT2D eigenvalue weighted by molar-refractivity contribution is 0.193. The van der Waals surface area contributed by atoms with Crippen LogP contribution in [0.1, 0.15) is 23.6 Å². The molecule has 0 aliphatic rings. The third-order valence-corrected chi connectivity index (χ3v) is 3.30. The van der Waals surface area contributed by atoms with Crippen molar-refractivity contribution < 1.29 is 14.6 Å². The Morgan fingerprint density at radius 1 is 1.12 bits per heavy atom. The molecular formula is C13H19ClO3. The van der Waals surface area contributed by atoms with E-state index in [1.54, 1.807) is 21.1 Å². The highest BCUT2D eigenvalue weighted by Gasteiger charge is 2.20. The van der Waals surface area contributed by atoms with Gasteiger partial charge in [0.15, 0.2) is 0 Å². The monoisotopic (exact) mass is 258 g/mol. The third kappa shape index (κ3) is 2.67. The Morgan fingerprint density at radius 3 is 2.06 bits per heavy atom. The Hall–Kier alpha value is -0.930. The Kier molecular flexibility index (Phi) is 4.66. The molecule has 0 saturated carbocycles. The first-order chi connectivity index (χ1) is 7.93. The van der Waals surface area contributed by atoms with E-state index < -0.39 is 6.10 Å². The predicted molar refractivity (Wildman–Crippen MR) is 69.4 cm³/mol. The fourth-order valence-corrected chi connectivity index (χ4v) is 2.33. The first-order valence-electron chi connectivity index (χ1n) is 5.51. The van der Waals surface area contributed by atoms with Gasteiger partial charge in [0, 0.05) is 17.5 Å². The molecule has 0 aliphatic carbocycles. The molecule has 1 aromatic rings. The number of hydrogen-bond acceptors (Lipinski definition) is 3. The number of aliphatic hydroxyl groups is 1. The molecular weight excluding hydrogens is 240 g/mol. The molecule has 17 heavy (non-hydrogen) atoms. The molecule has 1 unspecified atom stereocenters. The molecule has 0 bridgehead atoms. The summed E-state index contributed by atoms with van der Waals surface area (Å²) in [5.41, 5.74) is 2.70. The van der Waals surface area contributed by atoms with Gasteiger partial charge in [-0.15, -0.1) is 0 Å². The van der Waals surface area contributed by atoms with Crippen molar-refractivity contribution in [1.29, 1.82) is 0 Å². The van der Waals surface area contributed by atoms with Crippen LogP contribution in [-0.2, 0) is 6.42 Å². The van der Waals surface area contributed by atoms with Crippen molar-refractivity contribution in [2.75, 3.05) is 14.2 Å². The largest absolute Gasteiger partial charge is 0.496 e. The number of methoxy groups -OCH3 is 2. The van der Waals surface area contributed by atoms with Crippen molar-refractivity contribution >= 4 is 11.6 Å². The number of rotatable bonds is 4. The number of halogens is 1. The standard InChI is InChI=1S/C13H19ClO3/c1-7(15)6-10-8(2)13(17-5)11(14)9(3)12(10)16-4/h7,15H,6H2,1-5H3. The van der Waals surface area contributed by atoms with Crippen LogP contribution in [0.15, 0.2) is 0 Å². The molecule has 1 aromatic carbocycles. The van der Waals surface area contributed by atoms with E-state index >= 15 is 0 Å². The van der Waals surface area contributed by atoms with E-state index in [4.69, 9.17) is 21.1 Å². The molecule has 3 nitrogen and oxygen atoms in total. The maximum Gasteiger partial charge on any atom is 0.141 e. The Labute approximate surface area is 107 Å². The second-order valence-corrected chi connectivity index (χ2v) is 4.54. The van der Waals surface area contributed by atoms with Crippen LogP contribution < -0.4 is 9.47 Å². The zero-order valence-electron chi connectivity index (χ0n) is 10.9. The predicted octanol–water partition coefficient (Wildman–Crippen LogP) is 2.90. The number of benzene rings is 1. The smallest absolute Gasteiger partial charge is 0.141 e. The minimum absolute atomic E-state index is 0.437. The van der Waals surface area contributed by atoms with Gasteiger partial charge >= 0.3 is 0 Å². The van der Waals surface area contributed by atoms with E-state index in [0.717, 1.165) is 22.4 Å². The van der Waals surface area contributed by atoms with Crippen LogP contribution in [-0.4, -0.2) is 25.4 Å². The molecule has 4 heteroatoms. The summed E-state index contributed by atoms with van der Waals surface area (Å²) in [6.07, 6.45) is 0.0801. The molecule has 0 radical (unpaired) electrons. The van der Waals surface area contributed by atoms with Crippen molar-refractivity contribution in [3.8, 4) is 11.5 Å². The molecule has 0 fully saturated rings. The summed E-state index contributed by atoms with van der Waals surface area (Å²) in [6.45, 7) is 5.55. The van der Waals surface area contributed by atoms with Crippen LogP contribution in [0.3, 0.4) is 0 Å². The molecule has 96 valence electrons. The lowest BCUT2D eigenvalue weighted by Crippen LogP contribution is -2.09. The highest BCUT2D eigenvalue weighted by atomic mass is 35.5. The SMILES string of the molecule is COc1c(C)c(CC(C)O)c(OC)c(C)c1Cl. The first-order valence-corrected chi connectivity index (χ1v) is 5.89. The van der Waals surface area contributed by atoms with Crippen LogP contribution in [0.2, 0.25) is 5.02 Å². The summed E-state index contributed by atoms with van der Waals surface area (Å²) in [6, 6.07) is 0. The van der Waals surface area contributed by atoms with Gasteiger partial charge in [-0.25, -0.2) is 0 Å². The van der Waals surface area contributed by atoms with E-state index in [-0.39, 0.29) is 0 Å². The highest BCUT2D eigenvalue weighted by molar-refractivity contribution is 6.33. The second-order valence-electron chi connectivity index (χ2n) is 4.16. The molecule has 0 aliphatic heterocycles. The van der Waals surface area contributed by atoms with Gasteiger partial charge in [-0.1, -0.05) is 11.6 Å². The zero-order chi connectivity index (χ0) is 13.2. The van der Waals surface area contributed by atoms with Gasteiger partial charge < -0.3 is 14.6 Å². The average molecular weight is 259 g/mol. The van der Waals surface area contributed by atoms with Crippen LogP contribution in [0.4, 0.5) is 0 Å². The maximum absolute atomic E-state index is 9.54.